The predicted octanol–water partition coefficient (Wildman–Crippen LogP) is 4.20. The number of aromatic nitrogens is 1. The molecule has 0 spiro atoms. The van der Waals surface area contributed by atoms with E-state index in [1.165, 1.54) is 23.1 Å². The van der Waals surface area contributed by atoms with Crippen molar-refractivity contribution in [2.45, 2.75) is 32.7 Å². The maximum Gasteiger partial charge on any atom is 0.0346 e. The van der Waals surface area contributed by atoms with Gasteiger partial charge in [-0.1, -0.05) is 44.2 Å². The SMILES string of the molecule is CCCNC(CC)c1ccc(-c2cccnc2)cc1. The first-order valence-corrected chi connectivity index (χ1v) is 7.09. The summed E-state index contributed by atoms with van der Waals surface area (Å²) in [6.07, 6.45) is 6.00. The molecule has 0 bridgehead atoms. The minimum absolute atomic E-state index is 0.461. The second kappa shape index (κ2) is 7.05. The summed E-state index contributed by atoms with van der Waals surface area (Å²) in [6.45, 7) is 5.50. The third kappa shape index (κ3) is 3.65. The third-order valence-electron chi connectivity index (χ3n) is 3.36. The van der Waals surface area contributed by atoms with Crippen molar-refractivity contribution in [1.29, 1.82) is 0 Å². The standard InChI is InChI=1S/C17H22N2/c1-3-11-19-17(4-2)15-9-7-14(8-10-15)16-6-5-12-18-13-16/h5-10,12-13,17,19H,3-4,11H2,1-2H3. The zero-order chi connectivity index (χ0) is 13.5. The first kappa shape index (κ1) is 13.8. The highest BCUT2D eigenvalue weighted by molar-refractivity contribution is 5.62. The number of nitrogens with one attached hydrogen (secondary N) is 1. The Labute approximate surface area is 115 Å². The fourth-order valence-electron chi connectivity index (χ4n) is 2.26. The van der Waals surface area contributed by atoms with Crippen LogP contribution in [-0.2, 0) is 0 Å². The van der Waals surface area contributed by atoms with E-state index in [9.17, 15) is 0 Å². The fraction of sp³-hybridized carbons (Fsp3) is 0.353. The quantitative estimate of drug-likeness (QED) is 0.835. The Bertz CT molecular complexity index is 476. The van der Waals surface area contributed by atoms with Crippen LogP contribution in [0, 0.1) is 0 Å². The summed E-state index contributed by atoms with van der Waals surface area (Å²) in [4.78, 5) is 4.16. The number of pyridine rings is 1. The molecular weight excluding hydrogens is 232 g/mol. The van der Waals surface area contributed by atoms with Crippen molar-refractivity contribution in [1.82, 2.24) is 10.3 Å². The Balaban J connectivity index is 2.13. The topological polar surface area (TPSA) is 24.9 Å². The van der Waals surface area contributed by atoms with Crippen molar-refractivity contribution >= 4 is 0 Å². The smallest absolute Gasteiger partial charge is 0.0346 e. The van der Waals surface area contributed by atoms with Gasteiger partial charge in [-0.05, 0) is 42.1 Å². The molecule has 1 atom stereocenters. The Morgan fingerprint density at radius 1 is 1.05 bits per heavy atom. The van der Waals surface area contributed by atoms with Crippen LogP contribution in [-0.4, -0.2) is 11.5 Å². The van der Waals surface area contributed by atoms with Crippen LogP contribution in [0.5, 0.6) is 0 Å². The average molecular weight is 254 g/mol. The van der Waals surface area contributed by atoms with Crippen molar-refractivity contribution in [3.8, 4) is 11.1 Å². The van der Waals surface area contributed by atoms with Crippen LogP contribution >= 0.6 is 0 Å². The lowest BCUT2D eigenvalue weighted by molar-refractivity contribution is 0.518. The first-order valence-electron chi connectivity index (χ1n) is 7.09. The Hall–Kier alpha value is -1.67. The second-order valence-electron chi connectivity index (χ2n) is 4.78. The Morgan fingerprint density at radius 2 is 1.84 bits per heavy atom. The third-order valence-corrected chi connectivity index (χ3v) is 3.36. The molecule has 2 aromatic rings. The van der Waals surface area contributed by atoms with Gasteiger partial charge in [0.25, 0.3) is 0 Å². The molecule has 2 heteroatoms. The van der Waals surface area contributed by atoms with Gasteiger partial charge in [-0.2, -0.15) is 0 Å². The number of nitrogens with zero attached hydrogens (tertiary/aromatic N) is 1. The highest BCUT2D eigenvalue weighted by Crippen LogP contribution is 2.22. The van der Waals surface area contributed by atoms with Crippen LogP contribution in [0.25, 0.3) is 11.1 Å². The van der Waals surface area contributed by atoms with E-state index in [-0.39, 0.29) is 0 Å². The van der Waals surface area contributed by atoms with Crippen molar-refractivity contribution in [3.05, 3.63) is 54.4 Å². The van der Waals surface area contributed by atoms with Crippen molar-refractivity contribution in [2.24, 2.45) is 0 Å². The van der Waals surface area contributed by atoms with E-state index in [0.717, 1.165) is 13.0 Å². The average Bonchev–Trinajstić information content (AvgIpc) is 2.49. The molecule has 1 unspecified atom stereocenters. The highest BCUT2D eigenvalue weighted by atomic mass is 14.9. The van der Waals surface area contributed by atoms with Gasteiger partial charge < -0.3 is 5.32 Å². The summed E-state index contributed by atoms with van der Waals surface area (Å²) in [5, 5.41) is 3.58. The zero-order valence-corrected chi connectivity index (χ0v) is 11.8. The minimum atomic E-state index is 0.461. The fourth-order valence-corrected chi connectivity index (χ4v) is 2.26. The molecule has 100 valence electrons. The van der Waals surface area contributed by atoms with Gasteiger partial charge in [-0.25, -0.2) is 0 Å². The summed E-state index contributed by atoms with van der Waals surface area (Å²) < 4.78 is 0. The summed E-state index contributed by atoms with van der Waals surface area (Å²) in [6, 6.07) is 13.3. The van der Waals surface area contributed by atoms with Crippen molar-refractivity contribution < 1.29 is 0 Å². The lowest BCUT2D eigenvalue weighted by Gasteiger charge is -2.17. The summed E-state index contributed by atoms with van der Waals surface area (Å²) in [5.41, 5.74) is 3.76. The Morgan fingerprint density at radius 3 is 2.42 bits per heavy atom. The molecule has 19 heavy (non-hydrogen) atoms. The van der Waals surface area contributed by atoms with Crippen LogP contribution in [0.2, 0.25) is 0 Å². The van der Waals surface area contributed by atoms with Crippen LogP contribution in [0.15, 0.2) is 48.8 Å². The summed E-state index contributed by atoms with van der Waals surface area (Å²) in [7, 11) is 0. The van der Waals surface area contributed by atoms with Crippen molar-refractivity contribution in [2.75, 3.05) is 6.54 Å². The molecule has 2 nitrogen and oxygen atoms in total. The largest absolute Gasteiger partial charge is 0.310 e. The van der Waals surface area contributed by atoms with E-state index in [2.05, 4.69) is 54.5 Å². The van der Waals surface area contributed by atoms with Gasteiger partial charge in [0, 0.05) is 18.4 Å². The van der Waals surface area contributed by atoms with E-state index in [1.807, 2.05) is 12.3 Å². The van der Waals surface area contributed by atoms with Gasteiger partial charge in [0.1, 0.15) is 0 Å². The molecule has 0 saturated heterocycles. The molecular formula is C17H22N2. The molecule has 0 saturated carbocycles. The highest BCUT2D eigenvalue weighted by Gasteiger charge is 2.07. The van der Waals surface area contributed by atoms with E-state index >= 15 is 0 Å². The monoisotopic (exact) mass is 254 g/mol. The molecule has 1 aromatic carbocycles. The molecule has 2 rings (SSSR count). The summed E-state index contributed by atoms with van der Waals surface area (Å²) >= 11 is 0. The van der Waals surface area contributed by atoms with Gasteiger partial charge in [0.15, 0.2) is 0 Å². The normalized spacial score (nSPS) is 12.3. The molecule has 0 fully saturated rings. The minimum Gasteiger partial charge on any atom is -0.310 e. The van der Waals surface area contributed by atoms with Gasteiger partial charge in [-0.3, -0.25) is 4.98 Å². The lowest BCUT2D eigenvalue weighted by atomic mass is 10.0. The number of hydrogen-bond acceptors (Lipinski definition) is 2. The number of rotatable bonds is 6. The number of benzene rings is 1. The molecule has 1 N–H and O–H groups in total. The van der Waals surface area contributed by atoms with E-state index < -0.39 is 0 Å². The molecule has 1 aromatic heterocycles. The van der Waals surface area contributed by atoms with Crippen LogP contribution in [0.3, 0.4) is 0 Å². The first-order chi connectivity index (χ1) is 9.35. The maximum absolute atomic E-state index is 4.16. The summed E-state index contributed by atoms with van der Waals surface area (Å²) in [5.74, 6) is 0. The molecule has 0 radical (unpaired) electrons. The van der Waals surface area contributed by atoms with Crippen LogP contribution in [0.1, 0.15) is 38.3 Å². The Kier molecular flexibility index (Phi) is 5.10. The van der Waals surface area contributed by atoms with Gasteiger partial charge in [-0.15, -0.1) is 0 Å². The maximum atomic E-state index is 4.16. The zero-order valence-electron chi connectivity index (χ0n) is 11.8. The molecule has 1 heterocycles. The molecule has 0 aliphatic rings. The van der Waals surface area contributed by atoms with Gasteiger partial charge in [0.2, 0.25) is 0 Å². The predicted molar refractivity (Wildman–Crippen MR) is 81.0 cm³/mol. The van der Waals surface area contributed by atoms with Crippen LogP contribution < -0.4 is 5.32 Å². The van der Waals surface area contributed by atoms with E-state index in [1.54, 1.807) is 6.20 Å². The van der Waals surface area contributed by atoms with Crippen molar-refractivity contribution in [3.63, 3.8) is 0 Å². The van der Waals surface area contributed by atoms with Crippen LogP contribution in [0.4, 0.5) is 0 Å². The lowest BCUT2D eigenvalue weighted by Crippen LogP contribution is -2.21. The van der Waals surface area contributed by atoms with E-state index in [0.29, 0.717) is 6.04 Å². The number of hydrogen-bond donors (Lipinski definition) is 1. The molecule has 0 aliphatic carbocycles. The molecule has 0 aliphatic heterocycles. The second-order valence-corrected chi connectivity index (χ2v) is 4.78. The van der Waals surface area contributed by atoms with E-state index in [4.69, 9.17) is 0 Å². The molecule has 0 amide bonds. The van der Waals surface area contributed by atoms with Gasteiger partial charge >= 0.3 is 0 Å². The van der Waals surface area contributed by atoms with Gasteiger partial charge in [0.05, 0.1) is 0 Å².